The molecule has 4 rings (SSSR count). The molecule has 1 atom stereocenters. The first-order valence-corrected chi connectivity index (χ1v) is 12.6. The van der Waals surface area contributed by atoms with Gasteiger partial charge in [0, 0.05) is 51.2 Å². The smallest absolute Gasteiger partial charge is 0.269 e. The second-order valence-corrected chi connectivity index (χ2v) is 10.3. The number of anilines is 1. The number of likely N-dealkylation sites (tertiary alicyclic amines) is 1. The molecule has 1 aromatic rings. The number of nitrogens with zero attached hydrogens (tertiary/aromatic N) is 4. The third-order valence-electron chi connectivity index (χ3n) is 7.36. The predicted molar refractivity (Wildman–Crippen MR) is 127 cm³/mol. The molecule has 3 heterocycles. The van der Waals surface area contributed by atoms with Gasteiger partial charge in [-0.2, -0.15) is 0 Å². The molecule has 2 saturated heterocycles. The second kappa shape index (κ2) is 10.6. The van der Waals surface area contributed by atoms with Crippen LogP contribution in [0.4, 0.5) is 14.6 Å². The monoisotopic (exact) mass is 463 g/mol. The number of carbonyl (C=O) groups is 1. The average Bonchev–Trinajstić information content (AvgIpc) is 3.63. The maximum Gasteiger partial charge on any atom is 0.269 e. The number of amides is 1. The van der Waals surface area contributed by atoms with Crippen molar-refractivity contribution in [2.24, 2.45) is 5.92 Å². The summed E-state index contributed by atoms with van der Waals surface area (Å²) < 4.78 is 26.8. The Bertz CT molecular complexity index is 789. The van der Waals surface area contributed by atoms with Crippen molar-refractivity contribution in [1.82, 2.24) is 20.1 Å². The van der Waals surface area contributed by atoms with Crippen molar-refractivity contribution < 1.29 is 13.6 Å². The number of carbonyl (C=O) groups excluding carboxylic acids is 1. The van der Waals surface area contributed by atoms with Gasteiger partial charge in [0.25, 0.3) is 5.91 Å². The lowest BCUT2D eigenvalue weighted by molar-refractivity contribution is -0.0194. The normalized spacial score (nSPS) is 22.7. The average molecular weight is 464 g/mol. The van der Waals surface area contributed by atoms with Gasteiger partial charge < -0.3 is 15.1 Å². The Balaban J connectivity index is 1.27. The fourth-order valence-electron chi connectivity index (χ4n) is 5.25. The number of rotatable bonds is 8. The second-order valence-electron chi connectivity index (χ2n) is 10.3. The maximum atomic E-state index is 13.4. The fraction of sp³-hybridized carbons (Fsp3) is 0.760. The molecule has 2 aliphatic heterocycles. The fourth-order valence-corrected chi connectivity index (χ4v) is 5.25. The molecule has 184 valence electrons. The first-order chi connectivity index (χ1) is 15.8. The van der Waals surface area contributed by atoms with Gasteiger partial charge in [0.2, 0.25) is 5.92 Å². The van der Waals surface area contributed by atoms with Crippen LogP contribution in [0.15, 0.2) is 18.2 Å². The number of pyridine rings is 1. The third-order valence-corrected chi connectivity index (χ3v) is 7.36. The van der Waals surface area contributed by atoms with Crippen molar-refractivity contribution in [3.05, 3.63) is 23.9 Å². The molecule has 33 heavy (non-hydrogen) atoms. The molecule has 1 unspecified atom stereocenters. The molecule has 3 aliphatic rings. The molecule has 0 radical (unpaired) electrons. The molecular formula is C25H39F2N5O. The van der Waals surface area contributed by atoms with E-state index in [0.717, 1.165) is 77.8 Å². The molecule has 0 spiro atoms. The van der Waals surface area contributed by atoms with E-state index in [9.17, 15) is 13.6 Å². The third kappa shape index (κ3) is 7.09. The lowest BCUT2D eigenvalue weighted by Gasteiger charge is -2.41. The van der Waals surface area contributed by atoms with E-state index in [0.29, 0.717) is 17.7 Å². The van der Waals surface area contributed by atoms with E-state index in [1.165, 1.54) is 12.8 Å². The Morgan fingerprint density at radius 2 is 1.88 bits per heavy atom. The summed E-state index contributed by atoms with van der Waals surface area (Å²) >= 11 is 0. The van der Waals surface area contributed by atoms with Crippen LogP contribution in [-0.2, 0) is 0 Å². The summed E-state index contributed by atoms with van der Waals surface area (Å²) in [7, 11) is 0. The minimum absolute atomic E-state index is 0.0684. The molecular weight excluding hydrogens is 424 g/mol. The van der Waals surface area contributed by atoms with Crippen LogP contribution in [-0.4, -0.2) is 84.5 Å². The summed E-state index contributed by atoms with van der Waals surface area (Å²) in [6, 6.07) is 6.15. The molecule has 0 bridgehead atoms. The number of alkyl halides is 2. The van der Waals surface area contributed by atoms with Crippen molar-refractivity contribution in [3.8, 4) is 0 Å². The lowest BCUT2D eigenvalue weighted by Crippen LogP contribution is -2.49. The van der Waals surface area contributed by atoms with Crippen LogP contribution in [0.5, 0.6) is 0 Å². The minimum atomic E-state index is -2.60. The molecule has 1 saturated carbocycles. The topological polar surface area (TPSA) is 51.7 Å². The number of piperidine rings is 1. The van der Waals surface area contributed by atoms with Crippen LogP contribution >= 0.6 is 0 Å². The summed E-state index contributed by atoms with van der Waals surface area (Å²) in [6.07, 6.45) is 5.48. The van der Waals surface area contributed by atoms with Crippen LogP contribution in [0.2, 0.25) is 0 Å². The summed E-state index contributed by atoms with van der Waals surface area (Å²) in [5.41, 5.74) is 0.494. The Morgan fingerprint density at radius 3 is 2.58 bits per heavy atom. The van der Waals surface area contributed by atoms with Gasteiger partial charge in [-0.05, 0) is 77.1 Å². The zero-order chi connectivity index (χ0) is 23.4. The van der Waals surface area contributed by atoms with Crippen LogP contribution in [0.1, 0.15) is 62.9 Å². The molecule has 1 aromatic heterocycles. The molecule has 6 nitrogen and oxygen atoms in total. The highest BCUT2D eigenvalue weighted by Crippen LogP contribution is 2.28. The quantitative estimate of drug-likeness (QED) is 0.638. The van der Waals surface area contributed by atoms with Gasteiger partial charge in [-0.25, -0.2) is 13.8 Å². The van der Waals surface area contributed by atoms with E-state index < -0.39 is 5.92 Å². The Morgan fingerprint density at radius 1 is 1.12 bits per heavy atom. The maximum absolute atomic E-state index is 13.4. The van der Waals surface area contributed by atoms with Crippen molar-refractivity contribution >= 4 is 11.7 Å². The van der Waals surface area contributed by atoms with E-state index in [2.05, 4.69) is 25.0 Å². The van der Waals surface area contributed by atoms with E-state index in [1.807, 2.05) is 19.1 Å². The highest BCUT2D eigenvalue weighted by molar-refractivity contribution is 5.92. The van der Waals surface area contributed by atoms with Gasteiger partial charge >= 0.3 is 0 Å². The largest absolute Gasteiger partial charge is 0.355 e. The highest BCUT2D eigenvalue weighted by atomic mass is 19.3. The molecule has 3 fully saturated rings. The van der Waals surface area contributed by atoms with E-state index in [-0.39, 0.29) is 18.4 Å². The van der Waals surface area contributed by atoms with Crippen molar-refractivity contribution in [1.29, 1.82) is 0 Å². The number of nitrogens with one attached hydrogen (secondary N) is 1. The van der Waals surface area contributed by atoms with E-state index >= 15 is 0 Å². The van der Waals surface area contributed by atoms with Gasteiger partial charge in [-0.1, -0.05) is 6.07 Å². The molecule has 1 amide bonds. The van der Waals surface area contributed by atoms with Crippen LogP contribution in [0, 0.1) is 5.92 Å². The summed E-state index contributed by atoms with van der Waals surface area (Å²) in [6.45, 7) is 9.31. The molecule has 8 heteroatoms. The van der Waals surface area contributed by atoms with Crippen LogP contribution in [0.3, 0.4) is 0 Å². The Kier molecular flexibility index (Phi) is 7.84. The van der Waals surface area contributed by atoms with Gasteiger partial charge in [-0.3, -0.25) is 9.69 Å². The Labute approximate surface area is 196 Å². The van der Waals surface area contributed by atoms with Gasteiger partial charge in [-0.15, -0.1) is 0 Å². The number of aromatic nitrogens is 1. The van der Waals surface area contributed by atoms with Crippen LogP contribution < -0.4 is 10.2 Å². The van der Waals surface area contributed by atoms with Gasteiger partial charge in [0.1, 0.15) is 11.5 Å². The van der Waals surface area contributed by atoms with Crippen molar-refractivity contribution in [2.75, 3.05) is 50.7 Å². The highest BCUT2D eigenvalue weighted by Gasteiger charge is 2.32. The number of hydrogen-bond donors (Lipinski definition) is 1. The standard InChI is InChI=1S/C25H39F2N5O/c1-19(17-25(2,26)27)30-13-9-21(10-14-30)31-11-4-12-32(16-15-31)23-6-3-5-22(29-23)24(33)28-18-20-7-8-20/h3,5-6,19-21H,4,7-18H2,1-2H3,(H,28,33). The zero-order valence-corrected chi connectivity index (χ0v) is 20.1. The Hall–Kier alpha value is -1.80. The number of halogens is 2. The first kappa shape index (κ1) is 24.3. The van der Waals surface area contributed by atoms with E-state index in [4.69, 9.17) is 0 Å². The summed E-state index contributed by atoms with van der Waals surface area (Å²) in [4.78, 5) is 24.2. The first-order valence-electron chi connectivity index (χ1n) is 12.6. The molecule has 1 N–H and O–H groups in total. The zero-order valence-electron chi connectivity index (χ0n) is 20.1. The molecule has 0 aromatic carbocycles. The van der Waals surface area contributed by atoms with E-state index in [1.54, 1.807) is 6.07 Å². The lowest BCUT2D eigenvalue weighted by atomic mass is 9.99. The number of hydrogen-bond acceptors (Lipinski definition) is 5. The summed E-state index contributed by atoms with van der Waals surface area (Å²) in [5, 5.41) is 3.00. The summed E-state index contributed by atoms with van der Waals surface area (Å²) in [5.74, 6) is -1.16. The van der Waals surface area contributed by atoms with Crippen LogP contribution in [0.25, 0.3) is 0 Å². The van der Waals surface area contributed by atoms with Gasteiger partial charge in [0.05, 0.1) is 0 Å². The van der Waals surface area contributed by atoms with Gasteiger partial charge in [0.15, 0.2) is 0 Å². The molecule has 1 aliphatic carbocycles. The van der Waals surface area contributed by atoms with Crippen molar-refractivity contribution in [3.63, 3.8) is 0 Å². The SMILES string of the molecule is CC(CC(C)(F)F)N1CCC(N2CCCN(c3cccc(C(=O)NCC4CC4)n3)CC2)CC1. The van der Waals surface area contributed by atoms with Crippen molar-refractivity contribution in [2.45, 2.75) is 70.4 Å². The predicted octanol–water partition coefficient (Wildman–Crippen LogP) is 3.63. The minimum Gasteiger partial charge on any atom is -0.355 e.